The van der Waals surface area contributed by atoms with Crippen LogP contribution in [0.4, 0.5) is 0 Å². The summed E-state index contributed by atoms with van der Waals surface area (Å²) >= 11 is 0. The summed E-state index contributed by atoms with van der Waals surface area (Å²) in [6, 6.07) is 34.2. The smallest absolute Gasteiger partial charge is 0.118 e. The molecule has 0 bridgehead atoms. The molecule has 0 aliphatic rings. The average molecular weight is 603 g/mol. The van der Waals surface area contributed by atoms with Crippen molar-refractivity contribution in [2.24, 2.45) is 0 Å². The van der Waals surface area contributed by atoms with E-state index in [1.54, 1.807) is 14.2 Å². The van der Waals surface area contributed by atoms with E-state index in [-0.39, 0.29) is 35.3 Å². The Labute approximate surface area is 250 Å². The minimum absolute atomic E-state index is 0. The Morgan fingerprint density at radius 3 is 1.38 bits per heavy atom. The maximum atomic E-state index is 5.44. The zero-order chi connectivity index (χ0) is 27.9. The largest absolute Gasteiger partial charge is 0.748 e. The van der Waals surface area contributed by atoms with Gasteiger partial charge in [0, 0.05) is 17.1 Å². The molecular formula is C34H44FeO2P2-6. The van der Waals surface area contributed by atoms with Gasteiger partial charge in [0.1, 0.15) is 11.5 Å². The van der Waals surface area contributed by atoms with Crippen LogP contribution in [0.5, 0.6) is 11.5 Å². The standard InChI is InChI=1S/C29H39O2P2.C5H5.Fe/c1-21(33(28(2,3)4)29(5,6)7)26-11-10-12-27(26)32(24-17-13-22(30-8)14-18-24)25-19-15-23(31-9)16-20-25;1-2-4-5-3-1;/h10-21H,1-9H3;1-5H;/q-1;-5;. The van der Waals surface area contributed by atoms with Gasteiger partial charge in [0.15, 0.2) is 0 Å². The monoisotopic (exact) mass is 602 g/mol. The second-order valence-electron chi connectivity index (χ2n) is 11.4. The summed E-state index contributed by atoms with van der Waals surface area (Å²) < 4.78 is 10.9. The molecule has 0 heterocycles. The van der Waals surface area contributed by atoms with Crippen LogP contribution in [0, 0.1) is 0 Å². The van der Waals surface area contributed by atoms with Crippen LogP contribution in [0.25, 0.3) is 0 Å². The molecule has 0 saturated carbocycles. The van der Waals surface area contributed by atoms with Gasteiger partial charge in [-0.15, -0.1) is 5.30 Å². The van der Waals surface area contributed by atoms with E-state index >= 15 is 0 Å². The van der Waals surface area contributed by atoms with Gasteiger partial charge in [-0.05, 0) is 50.8 Å². The van der Waals surface area contributed by atoms with Crippen LogP contribution in [0.3, 0.4) is 0 Å². The molecule has 5 heteroatoms. The van der Waals surface area contributed by atoms with Gasteiger partial charge < -0.3 is 39.8 Å². The second kappa shape index (κ2) is 14.7. The van der Waals surface area contributed by atoms with Gasteiger partial charge in [0.2, 0.25) is 0 Å². The van der Waals surface area contributed by atoms with Crippen LogP contribution in [-0.2, 0) is 17.1 Å². The van der Waals surface area contributed by atoms with Crippen molar-refractivity contribution in [3.8, 4) is 11.5 Å². The summed E-state index contributed by atoms with van der Waals surface area (Å²) in [6.07, 6.45) is 0. The Hall–Kier alpha value is -1.88. The van der Waals surface area contributed by atoms with E-state index in [0.717, 1.165) is 11.5 Å². The number of methoxy groups -OCH3 is 2. The Balaban J connectivity index is 0.000000797. The van der Waals surface area contributed by atoms with Gasteiger partial charge in [-0.2, -0.15) is 11.6 Å². The normalized spacial score (nSPS) is 12.4. The molecule has 0 aromatic heterocycles. The number of hydrogen-bond acceptors (Lipinski definition) is 2. The maximum Gasteiger partial charge on any atom is 0.118 e. The van der Waals surface area contributed by atoms with E-state index in [0.29, 0.717) is 5.66 Å². The Morgan fingerprint density at radius 2 is 1.05 bits per heavy atom. The molecule has 4 aromatic carbocycles. The van der Waals surface area contributed by atoms with Crippen molar-refractivity contribution in [3.05, 3.63) is 103 Å². The Bertz CT molecular complexity index is 1140. The third kappa shape index (κ3) is 8.80. The molecule has 0 amide bonds. The van der Waals surface area contributed by atoms with E-state index in [4.69, 9.17) is 9.47 Å². The van der Waals surface area contributed by atoms with Gasteiger partial charge in [-0.1, -0.05) is 88.6 Å². The molecule has 216 valence electrons. The molecule has 0 N–H and O–H groups in total. The summed E-state index contributed by atoms with van der Waals surface area (Å²) in [7, 11) is 2.47. The summed E-state index contributed by atoms with van der Waals surface area (Å²) in [5, 5.41) is 4.68. The quantitative estimate of drug-likeness (QED) is 0.120. The first-order chi connectivity index (χ1) is 18.0. The van der Waals surface area contributed by atoms with Gasteiger partial charge in [-0.25, -0.2) is 12.1 Å². The number of rotatable bonds is 7. The molecule has 0 saturated heterocycles. The maximum absolute atomic E-state index is 5.44. The average Bonchev–Trinajstić information content (AvgIpc) is 3.59. The molecule has 2 nitrogen and oxygen atoms in total. The minimum atomic E-state index is -0.694. The first-order valence-electron chi connectivity index (χ1n) is 13.3. The van der Waals surface area contributed by atoms with Crippen LogP contribution >= 0.6 is 15.8 Å². The SMILES string of the molecule is COc1ccc(P(c2ccc(OC)cc2)[c-]2cccc2C(C)P(C(C)(C)C)C(C)(C)C)cc1.[Fe].[cH-]1[cH-][cH-][cH-][cH-]1. The van der Waals surface area contributed by atoms with Crippen molar-refractivity contribution in [2.45, 2.75) is 64.4 Å². The Morgan fingerprint density at radius 1 is 0.667 bits per heavy atom. The molecule has 0 aliphatic heterocycles. The van der Waals surface area contributed by atoms with Gasteiger partial charge in [0.05, 0.1) is 14.2 Å². The van der Waals surface area contributed by atoms with Crippen molar-refractivity contribution < 1.29 is 26.5 Å². The molecule has 4 aromatic rings. The van der Waals surface area contributed by atoms with Crippen LogP contribution in [0.15, 0.2) is 97.1 Å². The minimum Gasteiger partial charge on any atom is -0.748 e. The van der Waals surface area contributed by atoms with Crippen LogP contribution in [0.2, 0.25) is 0 Å². The van der Waals surface area contributed by atoms with E-state index in [2.05, 4.69) is 115 Å². The van der Waals surface area contributed by atoms with E-state index in [9.17, 15) is 0 Å². The van der Waals surface area contributed by atoms with Gasteiger partial charge in [0.25, 0.3) is 0 Å². The molecular weight excluding hydrogens is 558 g/mol. The Kier molecular flexibility index (Phi) is 12.5. The predicted octanol–water partition coefficient (Wildman–Crippen LogP) is 8.72. The van der Waals surface area contributed by atoms with E-state index in [1.807, 2.05) is 30.3 Å². The molecule has 1 unspecified atom stereocenters. The fraction of sp³-hybridized carbons (Fsp3) is 0.353. The predicted molar refractivity (Wildman–Crippen MR) is 171 cm³/mol. The fourth-order valence-corrected chi connectivity index (χ4v) is 13.0. The van der Waals surface area contributed by atoms with Crippen LogP contribution < -0.4 is 25.4 Å². The summed E-state index contributed by atoms with van der Waals surface area (Å²) in [6.45, 7) is 16.9. The third-order valence-corrected chi connectivity index (χ3v) is 13.0. The number of benzene rings is 2. The van der Waals surface area contributed by atoms with Crippen LogP contribution in [-0.4, -0.2) is 24.5 Å². The van der Waals surface area contributed by atoms with Crippen molar-refractivity contribution in [1.29, 1.82) is 0 Å². The second-order valence-corrected chi connectivity index (χ2v) is 17.8. The van der Waals surface area contributed by atoms with Crippen molar-refractivity contribution >= 4 is 31.8 Å². The molecule has 0 fully saturated rings. The summed E-state index contributed by atoms with van der Waals surface area (Å²) in [5.41, 5.74) is 2.01. The summed E-state index contributed by atoms with van der Waals surface area (Å²) in [4.78, 5) is 0. The summed E-state index contributed by atoms with van der Waals surface area (Å²) in [5.74, 6) is 1.78. The molecule has 0 radical (unpaired) electrons. The fourth-order valence-electron chi connectivity index (χ4n) is 5.50. The van der Waals surface area contributed by atoms with Crippen molar-refractivity contribution in [3.63, 3.8) is 0 Å². The number of ether oxygens (including phenoxy) is 2. The number of hydrogen-bond donors (Lipinski definition) is 0. The molecule has 0 aliphatic carbocycles. The van der Waals surface area contributed by atoms with Gasteiger partial charge in [-0.3, -0.25) is 0 Å². The first-order valence-corrected chi connectivity index (χ1v) is 16.0. The third-order valence-electron chi connectivity index (χ3n) is 6.57. The zero-order valence-corrected chi connectivity index (χ0v) is 27.8. The van der Waals surface area contributed by atoms with E-state index in [1.165, 1.54) is 21.5 Å². The molecule has 39 heavy (non-hydrogen) atoms. The van der Waals surface area contributed by atoms with Crippen molar-refractivity contribution in [2.75, 3.05) is 14.2 Å². The van der Waals surface area contributed by atoms with Crippen molar-refractivity contribution in [1.82, 2.24) is 0 Å². The topological polar surface area (TPSA) is 18.5 Å². The van der Waals surface area contributed by atoms with Gasteiger partial charge >= 0.3 is 0 Å². The molecule has 4 rings (SSSR count). The molecule has 1 atom stereocenters. The molecule has 0 spiro atoms. The van der Waals surface area contributed by atoms with E-state index < -0.39 is 7.92 Å². The first kappa shape index (κ1) is 33.3. The zero-order valence-electron chi connectivity index (χ0n) is 24.9. The van der Waals surface area contributed by atoms with Crippen LogP contribution in [0.1, 0.15) is 59.7 Å².